The molecule has 0 saturated heterocycles. The Morgan fingerprint density at radius 1 is 1.41 bits per heavy atom. The van der Waals surface area contributed by atoms with Crippen molar-refractivity contribution in [1.29, 1.82) is 0 Å². The van der Waals surface area contributed by atoms with Crippen molar-refractivity contribution < 1.29 is 4.74 Å². The molecule has 0 spiro atoms. The van der Waals surface area contributed by atoms with E-state index in [9.17, 15) is 0 Å². The van der Waals surface area contributed by atoms with Crippen molar-refractivity contribution in [1.82, 2.24) is 5.32 Å². The summed E-state index contributed by atoms with van der Waals surface area (Å²) in [4.78, 5) is 0. The Balaban J connectivity index is 1.92. The molecular formula is C14H22N2O. The van der Waals surface area contributed by atoms with E-state index in [0.717, 1.165) is 37.5 Å². The van der Waals surface area contributed by atoms with Crippen LogP contribution in [0.4, 0.5) is 5.69 Å². The van der Waals surface area contributed by atoms with Gasteiger partial charge in [0.2, 0.25) is 0 Å². The van der Waals surface area contributed by atoms with Gasteiger partial charge in [0.25, 0.3) is 0 Å². The predicted molar refractivity (Wildman–Crippen MR) is 71.9 cm³/mol. The lowest BCUT2D eigenvalue weighted by atomic mass is 10.1. The van der Waals surface area contributed by atoms with Crippen LogP contribution in [0.5, 0.6) is 5.75 Å². The van der Waals surface area contributed by atoms with E-state index >= 15 is 0 Å². The summed E-state index contributed by atoms with van der Waals surface area (Å²) in [6.45, 7) is 7.31. The molecule has 1 aliphatic rings. The van der Waals surface area contributed by atoms with E-state index in [1.807, 2.05) is 0 Å². The molecule has 1 atom stereocenters. The van der Waals surface area contributed by atoms with E-state index < -0.39 is 0 Å². The highest BCUT2D eigenvalue weighted by atomic mass is 16.5. The Morgan fingerprint density at radius 3 is 3.12 bits per heavy atom. The second-order valence-electron chi connectivity index (χ2n) is 4.64. The predicted octanol–water partition coefficient (Wildman–Crippen LogP) is 2.42. The molecule has 0 aliphatic carbocycles. The van der Waals surface area contributed by atoms with Crippen molar-refractivity contribution in [2.45, 2.75) is 32.8 Å². The fraction of sp³-hybridized carbons (Fsp3) is 0.571. The normalized spacial score (nSPS) is 18.1. The maximum atomic E-state index is 5.75. The highest BCUT2D eigenvalue weighted by Gasteiger charge is 2.14. The number of anilines is 1. The first-order valence-electron chi connectivity index (χ1n) is 6.53. The quantitative estimate of drug-likeness (QED) is 0.768. The highest BCUT2D eigenvalue weighted by molar-refractivity contribution is 5.59. The number of fused-ring (bicyclic) bond motifs is 1. The zero-order valence-corrected chi connectivity index (χ0v) is 10.8. The van der Waals surface area contributed by atoms with Gasteiger partial charge in [0.05, 0.1) is 12.2 Å². The van der Waals surface area contributed by atoms with Crippen LogP contribution in [0, 0.1) is 0 Å². The van der Waals surface area contributed by atoms with Gasteiger partial charge < -0.3 is 15.4 Å². The second kappa shape index (κ2) is 5.92. The standard InChI is InChI=1S/C14H22N2O/c1-3-7-15-8-6-12-4-5-14-13(9-12)16-10-11(2)17-14/h4-5,9,11,15-16H,3,6-8,10H2,1-2H3. The smallest absolute Gasteiger partial charge is 0.142 e. The van der Waals surface area contributed by atoms with Gasteiger partial charge in [-0.15, -0.1) is 0 Å². The molecule has 3 nitrogen and oxygen atoms in total. The van der Waals surface area contributed by atoms with Crippen molar-refractivity contribution in [3.05, 3.63) is 23.8 Å². The Hall–Kier alpha value is -1.22. The molecule has 1 aliphatic heterocycles. The topological polar surface area (TPSA) is 33.3 Å². The molecule has 1 aromatic rings. The highest BCUT2D eigenvalue weighted by Crippen LogP contribution is 2.29. The summed E-state index contributed by atoms with van der Waals surface area (Å²) in [5.74, 6) is 0.981. The minimum atomic E-state index is 0.263. The molecule has 2 rings (SSSR count). The van der Waals surface area contributed by atoms with E-state index in [1.54, 1.807) is 0 Å². The van der Waals surface area contributed by atoms with Crippen molar-refractivity contribution in [3.8, 4) is 5.75 Å². The van der Waals surface area contributed by atoms with Crippen LogP contribution in [-0.2, 0) is 6.42 Å². The van der Waals surface area contributed by atoms with Crippen molar-refractivity contribution in [3.63, 3.8) is 0 Å². The molecule has 17 heavy (non-hydrogen) atoms. The Bertz CT molecular complexity index is 365. The Kier molecular flexibility index (Phi) is 4.26. The van der Waals surface area contributed by atoms with Gasteiger partial charge in [-0.2, -0.15) is 0 Å². The molecule has 0 aromatic heterocycles. The van der Waals surface area contributed by atoms with Gasteiger partial charge >= 0.3 is 0 Å². The summed E-state index contributed by atoms with van der Waals surface area (Å²) in [7, 11) is 0. The second-order valence-corrected chi connectivity index (χ2v) is 4.64. The summed E-state index contributed by atoms with van der Waals surface area (Å²) in [5, 5.41) is 6.83. The molecule has 1 heterocycles. The molecular weight excluding hydrogens is 212 g/mol. The molecule has 0 amide bonds. The van der Waals surface area contributed by atoms with E-state index in [1.165, 1.54) is 12.0 Å². The first kappa shape index (κ1) is 12.2. The molecule has 1 unspecified atom stereocenters. The number of benzene rings is 1. The van der Waals surface area contributed by atoms with Crippen molar-refractivity contribution >= 4 is 5.69 Å². The molecule has 0 fully saturated rings. The molecule has 0 radical (unpaired) electrons. The van der Waals surface area contributed by atoms with Crippen LogP contribution in [0.1, 0.15) is 25.8 Å². The summed E-state index contributed by atoms with van der Waals surface area (Å²) in [6, 6.07) is 6.44. The van der Waals surface area contributed by atoms with Gasteiger partial charge in [0.15, 0.2) is 0 Å². The van der Waals surface area contributed by atoms with Crippen LogP contribution in [0.2, 0.25) is 0 Å². The van der Waals surface area contributed by atoms with Crippen LogP contribution in [0.3, 0.4) is 0 Å². The summed E-state index contributed by atoms with van der Waals surface area (Å²) in [5.41, 5.74) is 2.49. The number of hydrogen-bond acceptors (Lipinski definition) is 3. The third kappa shape index (κ3) is 3.37. The van der Waals surface area contributed by atoms with E-state index in [-0.39, 0.29) is 6.10 Å². The summed E-state index contributed by atoms with van der Waals surface area (Å²) < 4.78 is 5.75. The van der Waals surface area contributed by atoms with Crippen LogP contribution in [-0.4, -0.2) is 25.7 Å². The lowest BCUT2D eigenvalue weighted by Gasteiger charge is -2.25. The molecule has 0 bridgehead atoms. The monoisotopic (exact) mass is 234 g/mol. The van der Waals surface area contributed by atoms with E-state index in [4.69, 9.17) is 4.74 Å². The van der Waals surface area contributed by atoms with Gasteiger partial charge in [0, 0.05) is 0 Å². The van der Waals surface area contributed by atoms with Crippen LogP contribution in [0.25, 0.3) is 0 Å². The van der Waals surface area contributed by atoms with Crippen LogP contribution < -0.4 is 15.4 Å². The van der Waals surface area contributed by atoms with Gasteiger partial charge in [-0.1, -0.05) is 13.0 Å². The SMILES string of the molecule is CCCNCCc1ccc2c(c1)NCC(C)O2. The van der Waals surface area contributed by atoms with Gasteiger partial charge in [-0.3, -0.25) is 0 Å². The van der Waals surface area contributed by atoms with Crippen molar-refractivity contribution in [2.75, 3.05) is 25.0 Å². The molecule has 94 valence electrons. The third-order valence-corrected chi connectivity index (χ3v) is 2.97. The van der Waals surface area contributed by atoms with Crippen LogP contribution >= 0.6 is 0 Å². The third-order valence-electron chi connectivity index (χ3n) is 2.97. The number of ether oxygens (including phenoxy) is 1. The average Bonchev–Trinajstić information content (AvgIpc) is 2.35. The van der Waals surface area contributed by atoms with Gasteiger partial charge in [-0.05, 0) is 50.6 Å². The Labute approximate surface area is 104 Å². The molecule has 0 saturated carbocycles. The first-order valence-corrected chi connectivity index (χ1v) is 6.53. The van der Waals surface area contributed by atoms with Gasteiger partial charge in [0.1, 0.15) is 11.9 Å². The molecule has 2 N–H and O–H groups in total. The lowest BCUT2D eigenvalue weighted by Crippen LogP contribution is -2.27. The van der Waals surface area contributed by atoms with Crippen molar-refractivity contribution in [2.24, 2.45) is 0 Å². The number of rotatable bonds is 5. The molecule has 1 aromatic carbocycles. The van der Waals surface area contributed by atoms with Crippen LogP contribution in [0.15, 0.2) is 18.2 Å². The maximum Gasteiger partial charge on any atom is 0.142 e. The summed E-state index contributed by atoms with van der Waals surface area (Å²) in [6.07, 6.45) is 2.53. The van der Waals surface area contributed by atoms with E-state index in [0.29, 0.717) is 0 Å². The summed E-state index contributed by atoms with van der Waals surface area (Å²) >= 11 is 0. The number of hydrogen-bond donors (Lipinski definition) is 2. The maximum absolute atomic E-state index is 5.75. The zero-order chi connectivity index (χ0) is 12.1. The fourth-order valence-corrected chi connectivity index (χ4v) is 2.02. The minimum absolute atomic E-state index is 0.263. The number of nitrogens with one attached hydrogen (secondary N) is 2. The zero-order valence-electron chi connectivity index (χ0n) is 10.8. The lowest BCUT2D eigenvalue weighted by molar-refractivity contribution is 0.226. The average molecular weight is 234 g/mol. The first-order chi connectivity index (χ1) is 8.29. The largest absolute Gasteiger partial charge is 0.487 e. The fourth-order valence-electron chi connectivity index (χ4n) is 2.02. The van der Waals surface area contributed by atoms with Gasteiger partial charge in [-0.25, -0.2) is 0 Å². The van der Waals surface area contributed by atoms with E-state index in [2.05, 4.69) is 42.7 Å². The minimum Gasteiger partial charge on any atom is -0.487 e. The molecule has 3 heteroatoms. The Morgan fingerprint density at radius 2 is 2.29 bits per heavy atom.